The molecule has 1 aromatic heterocycles. The summed E-state index contributed by atoms with van der Waals surface area (Å²) in [5, 5.41) is 13.9. The van der Waals surface area contributed by atoms with E-state index in [1.54, 1.807) is 18.2 Å². The molecule has 0 fully saturated rings. The number of aryl methyl sites for hydroxylation is 1. The van der Waals surface area contributed by atoms with Crippen LogP contribution in [0.5, 0.6) is 5.75 Å². The average Bonchev–Trinajstić information content (AvgIpc) is 2.67. The quantitative estimate of drug-likeness (QED) is 0.662. The van der Waals surface area contributed by atoms with Gasteiger partial charge < -0.3 is 15.0 Å². The van der Waals surface area contributed by atoms with Crippen molar-refractivity contribution in [3.05, 3.63) is 64.2 Å². The Hall–Kier alpha value is -3.20. The van der Waals surface area contributed by atoms with E-state index in [0.717, 1.165) is 0 Å². The van der Waals surface area contributed by atoms with Crippen molar-refractivity contribution in [3.63, 3.8) is 0 Å². The smallest absolute Gasteiger partial charge is 0.286 e. The van der Waals surface area contributed by atoms with Gasteiger partial charge in [-0.2, -0.15) is 8.42 Å². The first kappa shape index (κ1) is 20.1. The number of hydrogen-bond donors (Lipinski definition) is 2. The first-order valence-corrected chi connectivity index (χ1v) is 10.9. The highest BCUT2D eigenvalue weighted by atomic mass is 32.2. The lowest BCUT2D eigenvalue weighted by atomic mass is 10.1. The van der Waals surface area contributed by atoms with E-state index in [1.165, 1.54) is 28.8 Å². The van der Waals surface area contributed by atoms with Gasteiger partial charge in [0.25, 0.3) is 15.6 Å². The van der Waals surface area contributed by atoms with Crippen molar-refractivity contribution < 1.29 is 17.9 Å². The van der Waals surface area contributed by atoms with E-state index >= 15 is 0 Å². The predicted octanol–water partition coefficient (Wildman–Crippen LogP) is 3.45. The molecule has 2 heterocycles. The van der Waals surface area contributed by atoms with Gasteiger partial charge in [-0.1, -0.05) is 26.0 Å². The SMILES string of the molecule is CC(C)CCn1c(=O)c(C2=NS(=O)(=O)c3ccccc3N2)c(O)c2ccc(F)cc21. The Morgan fingerprint density at radius 1 is 1.20 bits per heavy atom. The molecule has 0 unspecified atom stereocenters. The van der Waals surface area contributed by atoms with Gasteiger partial charge in [0.2, 0.25) is 0 Å². The molecule has 0 aliphatic carbocycles. The molecule has 156 valence electrons. The van der Waals surface area contributed by atoms with Crippen molar-refractivity contribution >= 4 is 32.4 Å². The van der Waals surface area contributed by atoms with Crippen LogP contribution in [-0.4, -0.2) is 23.9 Å². The lowest BCUT2D eigenvalue weighted by molar-refractivity contribution is 0.473. The van der Waals surface area contributed by atoms with Crippen LogP contribution < -0.4 is 10.9 Å². The summed E-state index contributed by atoms with van der Waals surface area (Å²) >= 11 is 0. The normalized spacial score (nSPS) is 15.0. The molecule has 0 saturated carbocycles. The van der Waals surface area contributed by atoms with Gasteiger partial charge >= 0.3 is 0 Å². The van der Waals surface area contributed by atoms with Crippen LogP contribution in [0.25, 0.3) is 10.9 Å². The van der Waals surface area contributed by atoms with Gasteiger partial charge in [0.05, 0.1) is 11.2 Å². The number of benzene rings is 2. The number of para-hydroxylation sites is 1. The molecule has 30 heavy (non-hydrogen) atoms. The lowest BCUT2D eigenvalue weighted by Gasteiger charge is -2.20. The third kappa shape index (κ3) is 3.35. The number of aromatic nitrogens is 1. The van der Waals surface area contributed by atoms with E-state index in [4.69, 9.17) is 0 Å². The Balaban J connectivity index is 2.00. The molecular formula is C21H20FN3O4S. The predicted molar refractivity (Wildman–Crippen MR) is 113 cm³/mol. The van der Waals surface area contributed by atoms with Crippen LogP contribution in [0.15, 0.2) is 56.6 Å². The van der Waals surface area contributed by atoms with E-state index in [2.05, 4.69) is 9.71 Å². The number of sulfonamides is 1. The molecular weight excluding hydrogens is 409 g/mol. The van der Waals surface area contributed by atoms with E-state index < -0.39 is 27.1 Å². The lowest BCUT2D eigenvalue weighted by Crippen LogP contribution is -2.33. The fraction of sp³-hybridized carbons (Fsp3) is 0.238. The first-order valence-electron chi connectivity index (χ1n) is 9.45. The minimum atomic E-state index is -4.07. The standard InChI is InChI=1S/C21H20FN3O4S/c1-12(2)9-10-25-16-11-13(22)7-8-14(16)19(26)18(21(25)27)20-23-15-5-3-4-6-17(15)30(28,29)24-20/h3-8,11-12,26H,9-10H2,1-2H3,(H,23,24). The van der Waals surface area contributed by atoms with E-state index in [1.807, 2.05) is 13.8 Å². The molecule has 0 amide bonds. The highest BCUT2D eigenvalue weighted by molar-refractivity contribution is 7.90. The number of amidine groups is 1. The van der Waals surface area contributed by atoms with Crippen LogP contribution in [0, 0.1) is 11.7 Å². The molecule has 2 aromatic carbocycles. The summed E-state index contributed by atoms with van der Waals surface area (Å²) in [6, 6.07) is 9.89. The van der Waals surface area contributed by atoms with Crippen molar-refractivity contribution in [1.29, 1.82) is 0 Å². The van der Waals surface area contributed by atoms with Crippen LogP contribution in [0.4, 0.5) is 10.1 Å². The number of halogens is 1. The minimum absolute atomic E-state index is 0.0174. The number of pyridine rings is 1. The zero-order chi connectivity index (χ0) is 21.6. The maximum atomic E-state index is 13.9. The number of aromatic hydroxyl groups is 1. The summed E-state index contributed by atoms with van der Waals surface area (Å²) in [4.78, 5) is 13.3. The molecule has 9 heteroatoms. The van der Waals surface area contributed by atoms with E-state index in [0.29, 0.717) is 6.42 Å². The second-order valence-corrected chi connectivity index (χ2v) is 9.13. The Morgan fingerprint density at radius 2 is 1.93 bits per heavy atom. The molecule has 0 atom stereocenters. The van der Waals surface area contributed by atoms with Crippen molar-refractivity contribution in [3.8, 4) is 5.75 Å². The zero-order valence-corrected chi connectivity index (χ0v) is 17.2. The number of anilines is 1. The van der Waals surface area contributed by atoms with Crippen LogP contribution in [-0.2, 0) is 16.6 Å². The van der Waals surface area contributed by atoms with Crippen molar-refractivity contribution in [2.75, 3.05) is 5.32 Å². The summed E-state index contributed by atoms with van der Waals surface area (Å²) < 4.78 is 44.2. The number of hydrogen-bond acceptors (Lipinski definition) is 5. The number of fused-ring (bicyclic) bond motifs is 2. The topological polar surface area (TPSA) is 101 Å². The molecule has 3 aromatic rings. The van der Waals surface area contributed by atoms with E-state index in [9.17, 15) is 22.7 Å². The Kier molecular flexibility index (Phi) is 4.85. The highest BCUT2D eigenvalue weighted by Gasteiger charge is 2.29. The Morgan fingerprint density at radius 3 is 2.67 bits per heavy atom. The van der Waals surface area contributed by atoms with E-state index in [-0.39, 0.29) is 45.3 Å². The average molecular weight is 429 g/mol. The molecule has 4 rings (SSSR count). The number of rotatable bonds is 4. The maximum absolute atomic E-state index is 13.9. The fourth-order valence-corrected chi connectivity index (χ4v) is 4.58. The van der Waals surface area contributed by atoms with Crippen molar-refractivity contribution in [2.24, 2.45) is 10.3 Å². The zero-order valence-electron chi connectivity index (χ0n) is 16.4. The summed E-state index contributed by atoms with van der Waals surface area (Å²) in [6.07, 6.45) is 0.636. The largest absolute Gasteiger partial charge is 0.506 e. The van der Waals surface area contributed by atoms with Gasteiger partial charge in [0.1, 0.15) is 22.0 Å². The third-order valence-corrected chi connectivity index (χ3v) is 6.33. The van der Waals surface area contributed by atoms with Crippen LogP contribution in [0.1, 0.15) is 25.8 Å². The van der Waals surface area contributed by atoms with Gasteiger partial charge in [-0.25, -0.2) is 4.39 Å². The highest BCUT2D eigenvalue weighted by Crippen LogP contribution is 2.32. The van der Waals surface area contributed by atoms with Crippen LogP contribution in [0.3, 0.4) is 0 Å². The molecule has 0 spiro atoms. The van der Waals surface area contributed by atoms with Crippen molar-refractivity contribution in [2.45, 2.75) is 31.7 Å². The minimum Gasteiger partial charge on any atom is -0.506 e. The van der Waals surface area contributed by atoms with Crippen molar-refractivity contribution in [1.82, 2.24) is 4.57 Å². The Labute approximate surface area is 172 Å². The molecule has 1 aliphatic rings. The summed E-state index contributed by atoms with van der Waals surface area (Å²) in [7, 11) is -4.07. The molecule has 2 N–H and O–H groups in total. The van der Waals surface area contributed by atoms with Crippen LogP contribution >= 0.6 is 0 Å². The second kappa shape index (κ2) is 7.24. The van der Waals surface area contributed by atoms with Gasteiger partial charge in [-0.3, -0.25) is 4.79 Å². The Bertz CT molecular complexity index is 1360. The fourth-order valence-electron chi connectivity index (χ4n) is 3.45. The second-order valence-electron chi connectivity index (χ2n) is 7.56. The monoisotopic (exact) mass is 429 g/mol. The maximum Gasteiger partial charge on any atom is 0.286 e. The molecule has 7 nitrogen and oxygen atoms in total. The summed E-state index contributed by atoms with van der Waals surface area (Å²) in [5.41, 5.74) is -0.418. The summed E-state index contributed by atoms with van der Waals surface area (Å²) in [6.45, 7) is 4.26. The van der Waals surface area contributed by atoms with Gasteiger partial charge in [0.15, 0.2) is 5.84 Å². The van der Waals surface area contributed by atoms with Crippen LogP contribution in [0.2, 0.25) is 0 Å². The molecule has 1 aliphatic heterocycles. The first-order chi connectivity index (χ1) is 14.2. The van der Waals surface area contributed by atoms with Gasteiger partial charge in [0, 0.05) is 11.9 Å². The molecule has 0 radical (unpaired) electrons. The van der Waals surface area contributed by atoms with Gasteiger partial charge in [-0.15, -0.1) is 4.40 Å². The molecule has 0 bridgehead atoms. The number of nitrogens with zero attached hydrogens (tertiary/aromatic N) is 2. The summed E-state index contributed by atoms with van der Waals surface area (Å²) in [5.74, 6) is -0.982. The number of nitrogens with one attached hydrogen (secondary N) is 1. The molecule has 0 saturated heterocycles. The van der Waals surface area contributed by atoms with Gasteiger partial charge in [-0.05, 0) is 42.7 Å². The third-order valence-electron chi connectivity index (χ3n) is 5.00.